The Labute approximate surface area is 153 Å². The van der Waals surface area contributed by atoms with Crippen LogP contribution in [0.15, 0.2) is 48.8 Å². The molecule has 0 saturated carbocycles. The first-order chi connectivity index (χ1) is 12.4. The maximum atomic E-state index is 13.1. The molecule has 0 fully saturated rings. The summed E-state index contributed by atoms with van der Waals surface area (Å²) in [6.45, 7) is 1.43. The first-order valence-corrected chi connectivity index (χ1v) is 7.99. The summed E-state index contributed by atoms with van der Waals surface area (Å²) in [5.41, 5.74) is 1.73. The smallest absolute Gasteiger partial charge is 0.338 e. The van der Waals surface area contributed by atoms with E-state index in [0.29, 0.717) is 16.7 Å². The molecular formula is C18H13ClFN3O3. The molecule has 1 aromatic heterocycles. The Hall–Kier alpha value is -3.06. The molecule has 8 heteroatoms. The van der Waals surface area contributed by atoms with E-state index in [4.69, 9.17) is 16.3 Å². The van der Waals surface area contributed by atoms with Gasteiger partial charge in [0.15, 0.2) is 6.10 Å². The predicted molar refractivity (Wildman–Crippen MR) is 94.5 cm³/mol. The Morgan fingerprint density at radius 1 is 1.12 bits per heavy atom. The number of carbonyl (C=O) groups excluding carboxylic acids is 2. The molecular weight excluding hydrogens is 361 g/mol. The van der Waals surface area contributed by atoms with Crippen molar-refractivity contribution in [1.82, 2.24) is 9.97 Å². The molecule has 6 nitrogen and oxygen atoms in total. The number of hydrogen-bond donors (Lipinski definition) is 1. The van der Waals surface area contributed by atoms with Gasteiger partial charge in [-0.3, -0.25) is 14.8 Å². The summed E-state index contributed by atoms with van der Waals surface area (Å²) < 4.78 is 18.3. The fraction of sp³-hybridized carbons (Fsp3) is 0.111. The van der Waals surface area contributed by atoms with Gasteiger partial charge >= 0.3 is 5.97 Å². The Kier molecular flexibility index (Phi) is 5.09. The van der Waals surface area contributed by atoms with E-state index >= 15 is 0 Å². The number of carbonyl (C=O) groups is 2. The summed E-state index contributed by atoms with van der Waals surface area (Å²) >= 11 is 5.67. The second-order valence-corrected chi connectivity index (χ2v) is 5.83. The van der Waals surface area contributed by atoms with Crippen molar-refractivity contribution in [3.8, 4) is 0 Å². The van der Waals surface area contributed by atoms with Crippen LogP contribution in [-0.4, -0.2) is 27.9 Å². The number of rotatable bonds is 4. The topological polar surface area (TPSA) is 81.2 Å². The summed E-state index contributed by atoms with van der Waals surface area (Å²) in [4.78, 5) is 32.6. The maximum Gasteiger partial charge on any atom is 0.338 e. The zero-order chi connectivity index (χ0) is 18.7. The highest BCUT2D eigenvalue weighted by Gasteiger charge is 2.19. The van der Waals surface area contributed by atoms with Gasteiger partial charge in [0.05, 0.1) is 21.6 Å². The SMILES string of the molecule is C[C@@H](OC(=O)c1ccc2nccnc2c1)C(=O)Nc1ccc(F)c(Cl)c1. The Morgan fingerprint density at radius 2 is 1.85 bits per heavy atom. The molecule has 0 unspecified atom stereocenters. The lowest BCUT2D eigenvalue weighted by Gasteiger charge is -2.14. The third-order valence-electron chi connectivity index (χ3n) is 3.55. The minimum atomic E-state index is -1.07. The van der Waals surface area contributed by atoms with Gasteiger partial charge in [-0.15, -0.1) is 0 Å². The third-order valence-corrected chi connectivity index (χ3v) is 3.83. The van der Waals surface area contributed by atoms with Gasteiger partial charge in [0.1, 0.15) is 5.82 Å². The van der Waals surface area contributed by atoms with E-state index in [1.807, 2.05) is 0 Å². The van der Waals surface area contributed by atoms with Crippen molar-refractivity contribution in [2.45, 2.75) is 13.0 Å². The Balaban J connectivity index is 1.67. The zero-order valence-corrected chi connectivity index (χ0v) is 14.3. The van der Waals surface area contributed by atoms with E-state index < -0.39 is 23.8 Å². The molecule has 0 aliphatic carbocycles. The molecule has 2 aromatic carbocycles. The van der Waals surface area contributed by atoms with Gasteiger partial charge in [0.2, 0.25) is 0 Å². The largest absolute Gasteiger partial charge is 0.449 e. The van der Waals surface area contributed by atoms with Crippen molar-refractivity contribution in [2.75, 3.05) is 5.32 Å². The number of fused-ring (bicyclic) bond motifs is 1. The number of nitrogens with one attached hydrogen (secondary N) is 1. The molecule has 1 atom stereocenters. The van der Waals surface area contributed by atoms with Crippen LogP contribution in [0.5, 0.6) is 0 Å². The molecule has 132 valence electrons. The van der Waals surface area contributed by atoms with E-state index in [1.54, 1.807) is 18.3 Å². The normalized spacial score (nSPS) is 11.8. The van der Waals surface area contributed by atoms with Crippen molar-refractivity contribution < 1.29 is 18.7 Å². The average molecular weight is 374 g/mol. The molecule has 1 amide bonds. The summed E-state index contributed by atoms with van der Waals surface area (Å²) in [5.74, 6) is -1.83. The van der Waals surface area contributed by atoms with Crippen molar-refractivity contribution in [1.29, 1.82) is 0 Å². The van der Waals surface area contributed by atoms with Crippen LogP contribution >= 0.6 is 11.6 Å². The number of hydrogen-bond acceptors (Lipinski definition) is 5. The number of benzene rings is 2. The van der Waals surface area contributed by atoms with Crippen LogP contribution in [0.1, 0.15) is 17.3 Å². The van der Waals surface area contributed by atoms with Gasteiger partial charge < -0.3 is 10.1 Å². The van der Waals surface area contributed by atoms with E-state index in [1.165, 1.54) is 31.3 Å². The lowest BCUT2D eigenvalue weighted by Crippen LogP contribution is -2.30. The summed E-state index contributed by atoms with van der Waals surface area (Å²) in [6.07, 6.45) is 2.00. The number of halogens is 2. The van der Waals surface area contributed by atoms with Gasteiger partial charge in [-0.05, 0) is 43.3 Å². The maximum absolute atomic E-state index is 13.1. The van der Waals surface area contributed by atoms with E-state index in [2.05, 4.69) is 15.3 Å². The van der Waals surface area contributed by atoms with Gasteiger partial charge in [0, 0.05) is 18.1 Å². The quantitative estimate of drug-likeness (QED) is 0.706. The molecule has 1 heterocycles. The van der Waals surface area contributed by atoms with Gasteiger partial charge in [-0.1, -0.05) is 11.6 Å². The van der Waals surface area contributed by atoms with Crippen LogP contribution in [0.4, 0.5) is 10.1 Å². The van der Waals surface area contributed by atoms with Gasteiger partial charge in [-0.25, -0.2) is 9.18 Å². The monoisotopic (exact) mass is 373 g/mol. The van der Waals surface area contributed by atoms with Crippen LogP contribution in [0, 0.1) is 5.82 Å². The van der Waals surface area contributed by atoms with Crippen LogP contribution in [-0.2, 0) is 9.53 Å². The minimum absolute atomic E-state index is 0.121. The van der Waals surface area contributed by atoms with Crippen LogP contribution in [0.3, 0.4) is 0 Å². The molecule has 0 aliphatic rings. The predicted octanol–water partition coefficient (Wildman–Crippen LogP) is 3.61. The third kappa shape index (κ3) is 3.94. The molecule has 0 spiro atoms. The Bertz CT molecular complexity index is 996. The highest BCUT2D eigenvalue weighted by atomic mass is 35.5. The van der Waals surface area contributed by atoms with Gasteiger partial charge in [0.25, 0.3) is 5.91 Å². The van der Waals surface area contributed by atoms with E-state index in [9.17, 15) is 14.0 Å². The standard InChI is InChI=1S/C18H13ClFN3O3/c1-10(17(24)23-12-3-4-14(20)13(19)9-12)26-18(25)11-2-5-15-16(8-11)22-7-6-21-15/h2-10H,1H3,(H,23,24)/t10-/m1/s1. The van der Waals surface area contributed by atoms with E-state index in [-0.39, 0.29) is 10.6 Å². The van der Waals surface area contributed by atoms with Crippen molar-refractivity contribution in [3.63, 3.8) is 0 Å². The second kappa shape index (κ2) is 7.45. The minimum Gasteiger partial charge on any atom is -0.449 e. The number of anilines is 1. The molecule has 0 saturated heterocycles. The summed E-state index contributed by atoms with van der Waals surface area (Å²) in [7, 11) is 0. The molecule has 0 aliphatic heterocycles. The molecule has 3 aromatic rings. The molecule has 26 heavy (non-hydrogen) atoms. The second-order valence-electron chi connectivity index (χ2n) is 5.43. The molecule has 1 N–H and O–H groups in total. The van der Waals surface area contributed by atoms with Crippen molar-refractivity contribution in [2.24, 2.45) is 0 Å². The summed E-state index contributed by atoms with van der Waals surface area (Å²) in [5, 5.41) is 2.39. The van der Waals surface area contributed by atoms with Crippen LogP contribution in [0.2, 0.25) is 5.02 Å². The fourth-order valence-electron chi connectivity index (χ4n) is 2.19. The van der Waals surface area contributed by atoms with E-state index in [0.717, 1.165) is 6.07 Å². The number of esters is 1. The van der Waals surface area contributed by atoms with Crippen molar-refractivity contribution >= 4 is 40.2 Å². The number of amides is 1. The number of aromatic nitrogens is 2. The highest BCUT2D eigenvalue weighted by molar-refractivity contribution is 6.31. The molecule has 0 radical (unpaired) electrons. The zero-order valence-electron chi connectivity index (χ0n) is 13.6. The molecule has 0 bridgehead atoms. The van der Waals surface area contributed by atoms with Crippen LogP contribution < -0.4 is 5.32 Å². The van der Waals surface area contributed by atoms with Crippen molar-refractivity contribution in [3.05, 3.63) is 65.2 Å². The lowest BCUT2D eigenvalue weighted by molar-refractivity contribution is -0.123. The highest BCUT2D eigenvalue weighted by Crippen LogP contribution is 2.20. The lowest BCUT2D eigenvalue weighted by atomic mass is 10.2. The Morgan fingerprint density at radius 3 is 2.58 bits per heavy atom. The first kappa shape index (κ1) is 17.8. The number of ether oxygens (including phenoxy) is 1. The first-order valence-electron chi connectivity index (χ1n) is 7.62. The number of nitrogens with zero attached hydrogens (tertiary/aromatic N) is 2. The van der Waals surface area contributed by atoms with Gasteiger partial charge in [-0.2, -0.15) is 0 Å². The fourth-order valence-corrected chi connectivity index (χ4v) is 2.37. The molecule has 3 rings (SSSR count). The van der Waals surface area contributed by atoms with Crippen LogP contribution in [0.25, 0.3) is 11.0 Å². The average Bonchev–Trinajstić information content (AvgIpc) is 2.64. The summed E-state index contributed by atoms with van der Waals surface area (Å²) in [6, 6.07) is 8.48.